The minimum Gasteiger partial charge on any atom is -0.328 e. The molecule has 1 aromatic carbocycles. The van der Waals surface area contributed by atoms with E-state index in [-0.39, 0.29) is 6.04 Å². The van der Waals surface area contributed by atoms with Crippen molar-refractivity contribution in [1.29, 1.82) is 0 Å². The molecular formula is C9H13N. The van der Waals surface area contributed by atoms with Crippen LogP contribution in [0.1, 0.15) is 12.5 Å². The van der Waals surface area contributed by atoms with Crippen LogP contribution in [-0.4, -0.2) is 6.04 Å². The van der Waals surface area contributed by atoms with Gasteiger partial charge in [0, 0.05) is 6.04 Å². The number of hydrogen-bond acceptors (Lipinski definition) is 1. The highest BCUT2D eigenvalue weighted by molar-refractivity contribution is 5.15. The van der Waals surface area contributed by atoms with Crippen LogP contribution in [0, 0.1) is 0 Å². The molecule has 0 heterocycles. The van der Waals surface area contributed by atoms with Crippen molar-refractivity contribution in [2.24, 2.45) is 5.73 Å². The van der Waals surface area contributed by atoms with Gasteiger partial charge in [-0.1, -0.05) is 30.3 Å². The summed E-state index contributed by atoms with van der Waals surface area (Å²) >= 11 is 0. The summed E-state index contributed by atoms with van der Waals surface area (Å²) in [6.07, 6.45) is 0.973. The number of nitrogens with two attached hydrogens (primary N) is 1. The Labute approximate surface area is 61.9 Å². The summed E-state index contributed by atoms with van der Waals surface area (Å²) < 4.78 is 0. The molecule has 54 valence electrons. The van der Waals surface area contributed by atoms with Crippen molar-refractivity contribution >= 4 is 0 Å². The molecule has 0 aliphatic carbocycles. The Morgan fingerprint density at radius 3 is 2.40 bits per heavy atom. The zero-order valence-electron chi connectivity index (χ0n) is 6.25. The number of benzene rings is 1. The topological polar surface area (TPSA) is 26.0 Å². The van der Waals surface area contributed by atoms with Gasteiger partial charge in [-0.25, -0.2) is 0 Å². The first-order valence-electron chi connectivity index (χ1n) is 3.58. The molecule has 0 fully saturated rings. The lowest BCUT2D eigenvalue weighted by molar-refractivity contribution is 0.738. The van der Waals surface area contributed by atoms with Gasteiger partial charge in [0.25, 0.3) is 0 Å². The van der Waals surface area contributed by atoms with E-state index in [4.69, 9.17) is 5.73 Å². The standard InChI is InChI=1S/C9H13N/c1-8(10)7-9-5-3-2-4-6-9/h2-6,8H,7,10H2,1H3/t8-/m0/s1/i10+1. The molecule has 0 aliphatic heterocycles. The molecule has 0 saturated heterocycles. The molecule has 0 aliphatic rings. The van der Waals surface area contributed by atoms with Gasteiger partial charge >= 0.3 is 0 Å². The van der Waals surface area contributed by atoms with Gasteiger partial charge in [0.15, 0.2) is 0 Å². The fourth-order valence-corrected chi connectivity index (χ4v) is 0.986. The molecule has 0 bridgehead atoms. The minimum atomic E-state index is 0.266. The maximum atomic E-state index is 5.62. The molecule has 0 spiro atoms. The second kappa shape index (κ2) is 3.37. The fraction of sp³-hybridized carbons (Fsp3) is 0.333. The quantitative estimate of drug-likeness (QED) is 0.614. The summed E-state index contributed by atoms with van der Waals surface area (Å²) in [5, 5.41) is 0. The highest BCUT2D eigenvalue weighted by Gasteiger charge is 1.94. The van der Waals surface area contributed by atoms with Crippen molar-refractivity contribution < 1.29 is 0 Å². The maximum Gasteiger partial charge on any atom is 0.00509 e. The van der Waals surface area contributed by atoms with Gasteiger partial charge in [0.1, 0.15) is 0 Å². The molecule has 0 amide bonds. The van der Waals surface area contributed by atoms with E-state index in [1.165, 1.54) is 5.56 Å². The largest absolute Gasteiger partial charge is 0.328 e. The van der Waals surface area contributed by atoms with Crippen LogP contribution in [0.5, 0.6) is 0 Å². The van der Waals surface area contributed by atoms with Crippen molar-refractivity contribution in [2.45, 2.75) is 19.4 Å². The van der Waals surface area contributed by atoms with Crippen molar-refractivity contribution in [1.82, 2.24) is 0 Å². The Hall–Kier alpha value is -0.820. The van der Waals surface area contributed by atoms with E-state index in [2.05, 4.69) is 12.1 Å². The third kappa shape index (κ3) is 2.19. The molecular weight excluding hydrogens is 123 g/mol. The lowest BCUT2D eigenvalue weighted by Gasteiger charge is -2.02. The molecule has 10 heavy (non-hydrogen) atoms. The molecule has 2 N–H and O–H groups in total. The van der Waals surface area contributed by atoms with Crippen LogP contribution >= 0.6 is 0 Å². The van der Waals surface area contributed by atoms with Gasteiger partial charge in [0.2, 0.25) is 0 Å². The first kappa shape index (κ1) is 7.29. The zero-order valence-corrected chi connectivity index (χ0v) is 6.25. The average Bonchev–Trinajstić information content (AvgIpc) is 1.88. The molecule has 1 rings (SSSR count). The summed E-state index contributed by atoms with van der Waals surface area (Å²) in [7, 11) is 0. The third-order valence-electron chi connectivity index (χ3n) is 1.40. The van der Waals surface area contributed by atoms with Crippen molar-refractivity contribution in [3.05, 3.63) is 35.9 Å². The Morgan fingerprint density at radius 1 is 1.30 bits per heavy atom. The van der Waals surface area contributed by atoms with E-state index >= 15 is 0 Å². The van der Waals surface area contributed by atoms with Gasteiger partial charge < -0.3 is 5.73 Å². The lowest BCUT2D eigenvalue weighted by atomic mass is 10.1. The fourth-order valence-electron chi connectivity index (χ4n) is 0.986. The van der Waals surface area contributed by atoms with E-state index < -0.39 is 0 Å². The average molecular weight is 136 g/mol. The molecule has 1 atom stereocenters. The van der Waals surface area contributed by atoms with Gasteiger partial charge in [0.05, 0.1) is 0 Å². The first-order chi connectivity index (χ1) is 4.79. The summed E-state index contributed by atoms with van der Waals surface area (Å²) in [6.45, 7) is 2.02. The van der Waals surface area contributed by atoms with Gasteiger partial charge in [-0.2, -0.15) is 0 Å². The lowest BCUT2D eigenvalue weighted by Crippen LogP contribution is -2.17. The van der Waals surface area contributed by atoms with E-state index in [9.17, 15) is 0 Å². The van der Waals surface area contributed by atoms with Gasteiger partial charge in [-0.05, 0) is 18.9 Å². The zero-order chi connectivity index (χ0) is 7.40. The summed E-state index contributed by atoms with van der Waals surface area (Å²) in [5.74, 6) is 0. The van der Waals surface area contributed by atoms with Crippen molar-refractivity contribution in [3.8, 4) is 0 Å². The molecule has 0 radical (unpaired) electrons. The van der Waals surface area contributed by atoms with Crippen molar-refractivity contribution in [3.63, 3.8) is 0 Å². The van der Waals surface area contributed by atoms with Crippen LogP contribution in [0.2, 0.25) is 0 Å². The number of hydrogen-bond donors (Lipinski definition) is 1. The first-order valence-corrected chi connectivity index (χ1v) is 3.58. The molecule has 0 aromatic heterocycles. The summed E-state index contributed by atoms with van der Waals surface area (Å²) in [6, 6.07) is 10.6. The van der Waals surface area contributed by atoms with Crippen LogP contribution in [0.3, 0.4) is 0 Å². The molecule has 1 heteroatoms. The minimum absolute atomic E-state index is 0.266. The van der Waals surface area contributed by atoms with Crippen molar-refractivity contribution in [2.75, 3.05) is 0 Å². The van der Waals surface area contributed by atoms with Gasteiger partial charge in [-0.15, -0.1) is 0 Å². The SMILES string of the molecule is C[C@H]([15NH2])Cc1ccccc1. The van der Waals surface area contributed by atoms with Crippen LogP contribution in [0.4, 0.5) is 0 Å². The Bertz CT molecular complexity index is 179. The highest BCUT2D eigenvalue weighted by atomic mass is 15.4. The highest BCUT2D eigenvalue weighted by Crippen LogP contribution is 2.00. The Balaban J connectivity index is 2.59. The molecule has 1 nitrogen and oxygen atoms in total. The summed E-state index contributed by atoms with van der Waals surface area (Å²) in [5.41, 5.74) is 6.94. The summed E-state index contributed by atoms with van der Waals surface area (Å²) in [4.78, 5) is 0. The van der Waals surface area contributed by atoms with Crippen LogP contribution in [0.25, 0.3) is 0 Å². The second-order valence-corrected chi connectivity index (χ2v) is 2.67. The Kier molecular flexibility index (Phi) is 2.46. The van der Waals surface area contributed by atoms with Crippen LogP contribution in [0.15, 0.2) is 30.3 Å². The predicted molar refractivity (Wildman–Crippen MR) is 43.8 cm³/mol. The molecule has 1 aromatic rings. The van der Waals surface area contributed by atoms with Gasteiger partial charge in [-0.3, -0.25) is 0 Å². The maximum absolute atomic E-state index is 5.62. The van der Waals surface area contributed by atoms with Crippen LogP contribution in [-0.2, 0) is 6.42 Å². The second-order valence-electron chi connectivity index (χ2n) is 2.67. The van der Waals surface area contributed by atoms with E-state index in [1.54, 1.807) is 0 Å². The molecule has 0 unspecified atom stereocenters. The smallest absolute Gasteiger partial charge is 0.00509 e. The van der Waals surface area contributed by atoms with Crippen LogP contribution < -0.4 is 5.73 Å². The normalized spacial score (nSPS) is 13.0. The predicted octanol–water partition coefficient (Wildman–Crippen LogP) is 1.58. The van der Waals surface area contributed by atoms with E-state index in [0.717, 1.165) is 6.42 Å². The number of rotatable bonds is 2. The van der Waals surface area contributed by atoms with E-state index in [1.807, 2.05) is 25.1 Å². The van der Waals surface area contributed by atoms with E-state index in [0.29, 0.717) is 0 Å². The monoisotopic (exact) mass is 136 g/mol. The molecule has 0 saturated carbocycles. The third-order valence-corrected chi connectivity index (χ3v) is 1.40. The Morgan fingerprint density at radius 2 is 1.90 bits per heavy atom.